The van der Waals surface area contributed by atoms with Gasteiger partial charge in [-0.15, -0.1) is 0 Å². The Balaban J connectivity index is 1.38. The average Bonchev–Trinajstić information content (AvgIpc) is 3.22. The molecule has 3 aromatic heterocycles. The molecular formula is C23H17ClN6O2. The van der Waals surface area contributed by atoms with Gasteiger partial charge in [-0.1, -0.05) is 11.6 Å². The normalized spacial score (nSPS) is 12.5. The minimum Gasteiger partial charge on any atom is -0.322 e. The van der Waals surface area contributed by atoms with Crippen LogP contribution < -0.4 is 10.2 Å². The van der Waals surface area contributed by atoms with Crippen molar-refractivity contribution in [1.82, 2.24) is 20.2 Å². The molecule has 158 valence electrons. The molecule has 4 aromatic rings. The second kappa shape index (κ2) is 8.24. The number of amides is 2. The van der Waals surface area contributed by atoms with E-state index in [0.717, 1.165) is 16.9 Å². The summed E-state index contributed by atoms with van der Waals surface area (Å²) in [5.41, 5.74) is 4.61. The Morgan fingerprint density at radius 1 is 1.03 bits per heavy atom. The first-order chi connectivity index (χ1) is 15.6. The predicted molar refractivity (Wildman–Crippen MR) is 121 cm³/mol. The molecule has 0 spiro atoms. The van der Waals surface area contributed by atoms with Crippen LogP contribution in [0.15, 0.2) is 67.1 Å². The zero-order valence-electron chi connectivity index (χ0n) is 16.7. The third-order valence-corrected chi connectivity index (χ3v) is 5.58. The number of hydrogen-bond acceptors (Lipinski definition) is 5. The lowest BCUT2D eigenvalue weighted by atomic mass is 10.1. The Morgan fingerprint density at radius 2 is 1.81 bits per heavy atom. The van der Waals surface area contributed by atoms with Crippen LogP contribution in [0.5, 0.6) is 0 Å². The zero-order valence-corrected chi connectivity index (χ0v) is 17.5. The maximum atomic E-state index is 13.3. The van der Waals surface area contributed by atoms with Crippen molar-refractivity contribution in [3.63, 3.8) is 0 Å². The van der Waals surface area contributed by atoms with Crippen molar-refractivity contribution in [2.75, 3.05) is 16.8 Å². The SMILES string of the molecule is O=C(Nc1ccc(C(=O)N2CCc3cn[nH]c3-c3ncccc32)cc1)c1cccnc1Cl. The minimum atomic E-state index is -0.371. The van der Waals surface area contributed by atoms with Crippen LogP contribution in [0.4, 0.5) is 11.4 Å². The van der Waals surface area contributed by atoms with E-state index in [1.54, 1.807) is 53.7 Å². The summed E-state index contributed by atoms with van der Waals surface area (Å²) in [6, 6.07) is 13.7. The molecule has 0 saturated carbocycles. The summed E-state index contributed by atoms with van der Waals surface area (Å²) in [7, 11) is 0. The van der Waals surface area contributed by atoms with Gasteiger partial charge in [0.2, 0.25) is 0 Å². The number of benzene rings is 1. The highest BCUT2D eigenvalue weighted by molar-refractivity contribution is 6.33. The van der Waals surface area contributed by atoms with Crippen molar-refractivity contribution in [2.45, 2.75) is 6.42 Å². The highest BCUT2D eigenvalue weighted by Crippen LogP contribution is 2.33. The van der Waals surface area contributed by atoms with Gasteiger partial charge in [-0.2, -0.15) is 5.10 Å². The maximum Gasteiger partial charge on any atom is 0.258 e. The summed E-state index contributed by atoms with van der Waals surface area (Å²) in [6.45, 7) is 0.502. The third-order valence-electron chi connectivity index (χ3n) is 5.28. The van der Waals surface area contributed by atoms with E-state index in [1.165, 1.54) is 6.20 Å². The number of nitrogens with zero attached hydrogens (tertiary/aromatic N) is 4. The van der Waals surface area contributed by atoms with Crippen LogP contribution >= 0.6 is 11.6 Å². The Kier molecular flexibility index (Phi) is 5.12. The highest BCUT2D eigenvalue weighted by atomic mass is 35.5. The fourth-order valence-corrected chi connectivity index (χ4v) is 3.89. The molecule has 0 atom stereocenters. The predicted octanol–water partition coefficient (Wildman–Crippen LogP) is 3.98. The number of rotatable bonds is 3. The molecule has 0 radical (unpaired) electrons. The molecule has 2 amide bonds. The summed E-state index contributed by atoms with van der Waals surface area (Å²) < 4.78 is 0. The van der Waals surface area contributed by atoms with E-state index in [1.807, 2.05) is 12.1 Å². The van der Waals surface area contributed by atoms with Crippen molar-refractivity contribution in [3.8, 4) is 11.4 Å². The highest BCUT2D eigenvalue weighted by Gasteiger charge is 2.26. The molecule has 1 aliphatic heterocycles. The van der Waals surface area contributed by atoms with Crippen LogP contribution in [-0.2, 0) is 6.42 Å². The van der Waals surface area contributed by atoms with Gasteiger partial charge in [0.15, 0.2) is 0 Å². The molecule has 1 aliphatic rings. The Labute approximate surface area is 188 Å². The van der Waals surface area contributed by atoms with Crippen LogP contribution in [0.3, 0.4) is 0 Å². The van der Waals surface area contributed by atoms with Crippen LogP contribution in [0.1, 0.15) is 26.3 Å². The van der Waals surface area contributed by atoms with E-state index in [0.29, 0.717) is 29.9 Å². The van der Waals surface area contributed by atoms with Crippen LogP contribution in [0.2, 0.25) is 5.15 Å². The van der Waals surface area contributed by atoms with E-state index in [-0.39, 0.29) is 22.5 Å². The van der Waals surface area contributed by atoms with Crippen LogP contribution in [-0.4, -0.2) is 38.5 Å². The van der Waals surface area contributed by atoms with Crippen LogP contribution in [0.25, 0.3) is 11.4 Å². The molecule has 32 heavy (non-hydrogen) atoms. The fourth-order valence-electron chi connectivity index (χ4n) is 3.68. The number of H-pyrrole nitrogens is 1. The first kappa shape index (κ1) is 19.9. The number of carbonyl (C=O) groups is 2. The van der Waals surface area contributed by atoms with Gasteiger partial charge in [0.25, 0.3) is 11.8 Å². The van der Waals surface area contributed by atoms with Crippen LogP contribution in [0, 0.1) is 0 Å². The van der Waals surface area contributed by atoms with Gasteiger partial charge in [-0.05, 0) is 55.0 Å². The van der Waals surface area contributed by atoms with Gasteiger partial charge in [0.1, 0.15) is 10.8 Å². The number of hydrogen-bond donors (Lipinski definition) is 2. The van der Waals surface area contributed by atoms with Crippen molar-refractivity contribution in [1.29, 1.82) is 0 Å². The first-order valence-electron chi connectivity index (χ1n) is 9.93. The summed E-state index contributed by atoms with van der Waals surface area (Å²) in [4.78, 5) is 35.9. The third kappa shape index (κ3) is 3.61. The van der Waals surface area contributed by atoms with Crippen molar-refractivity contribution in [2.24, 2.45) is 0 Å². The monoisotopic (exact) mass is 444 g/mol. The van der Waals surface area contributed by atoms with Crippen molar-refractivity contribution in [3.05, 3.63) is 89.0 Å². The lowest BCUT2D eigenvalue weighted by molar-refractivity contribution is 0.0986. The summed E-state index contributed by atoms with van der Waals surface area (Å²) >= 11 is 5.98. The van der Waals surface area contributed by atoms with Crippen molar-refractivity contribution >= 4 is 34.8 Å². The molecule has 9 heteroatoms. The Morgan fingerprint density at radius 3 is 2.62 bits per heavy atom. The van der Waals surface area contributed by atoms with E-state index < -0.39 is 0 Å². The minimum absolute atomic E-state index is 0.130. The largest absolute Gasteiger partial charge is 0.322 e. The number of carbonyl (C=O) groups excluding carboxylic acids is 2. The molecule has 5 rings (SSSR count). The molecule has 0 fully saturated rings. The molecule has 0 bridgehead atoms. The number of fused-ring (bicyclic) bond motifs is 3. The van der Waals surface area contributed by atoms with Gasteiger partial charge in [-0.25, -0.2) is 4.98 Å². The fraction of sp³-hybridized carbons (Fsp3) is 0.0870. The number of halogens is 1. The standard InChI is InChI=1S/C23H17ClN6O2/c24-21-17(3-1-11-26-21)22(31)28-16-7-5-14(6-8-16)23(32)30-12-9-15-13-27-29-19(15)20-18(30)4-2-10-25-20/h1-8,10-11,13H,9,12H2,(H,27,29)(H,28,31). The van der Waals surface area contributed by atoms with Gasteiger partial charge in [0, 0.05) is 35.8 Å². The first-order valence-corrected chi connectivity index (χ1v) is 10.3. The zero-order chi connectivity index (χ0) is 22.1. The summed E-state index contributed by atoms with van der Waals surface area (Å²) in [6.07, 6.45) is 5.65. The van der Waals surface area contributed by atoms with Gasteiger partial charge in [0.05, 0.1) is 23.1 Å². The van der Waals surface area contributed by atoms with E-state index >= 15 is 0 Å². The molecule has 0 saturated heterocycles. The van der Waals surface area contributed by atoms with E-state index in [4.69, 9.17) is 11.6 Å². The quantitative estimate of drug-likeness (QED) is 0.465. The molecule has 2 N–H and O–H groups in total. The molecule has 8 nitrogen and oxygen atoms in total. The van der Waals surface area contributed by atoms with Gasteiger partial charge in [-0.3, -0.25) is 19.7 Å². The Bertz CT molecular complexity index is 1320. The molecule has 4 heterocycles. The van der Waals surface area contributed by atoms with Crippen molar-refractivity contribution < 1.29 is 9.59 Å². The summed E-state index contributed by atoms with van der Waals surface area (Å²) in [5.74, 6) is -0.519. The smallest absolute Gasteiger partial charge is 0.258 e. The number of aromatic amines is 1. The molecule has 1 aromatic carbocycles. The maximum absolute atomic E-state index is 13.3. The van der Waals surface area contributed by atoms with Gasteiger partial charge < -0.3 is 10.2 Å². The molecule has 0 aliphatic carbocycles. The number of nitrogens with one attached hydrogen (secondary N) is 2. The molecular weight excluding hydrogens is 428 g/mol. The lowest BCUT2D eigenvalue weighted by Gasteiger charge is -2.22. The second-order valence-electron chi connectivity index (χ2n) is 7.22. The van der Waals surface area contributed by atoms with E-state index in [9.17, 15) is 9.59 Å². The number of pyridine rings is 2. The lowest BCUT2D eigenvalue weighted by Crippen LogP contribution is -2.32. The molecule has 0 unspecified atom stereocenters. The van der Waals surface area contributed by atoms with Gasteiger partial charge >= 0.3 is 0 Å². The van der Waals surface area contributed by atoms with E-state index in [2.05, 4.69) is 25.5 Å². The average molecular weight is 445 g/mol. The number of anilines is 2. The second-order valence-corrected chi connectivity index (χ2v) is 7.58. The summed E-state index contributed by atoms with van der Waals surface area (Å²) in [5, 5.41) is 10.0. The topological polar surface area (TPSA) is 104 Å². The Hall–Kier alpha value is -4.04. The number of aromatic nitrogens is 4.